The van der Waals surface area contributed by atoms with E-state index in [4.69, 9.17) is 17.0 Å². The number of ether oxygens (including phenoxy) is 1. The molecule has 1 heterocycles. The van der Waals surface area contributed by atoms with Gasteiger partial charge in [0.05, 0.1) is 0 Å². The molecule has 0 aromatic heterocycles. The number of hydrogen-bond donors (Lipinski definition) is 0. The Kier molecular flexibility index (Phi) is 4.83. The monoisotopic (exact) mass is 306 g/mol. The summed E-state index contributed by atoms with van der Waals surface area (Å²) >= 11 is 5.52. The summed E-state index contributed by atoms with van der Waals surface area (Å²) in [5, 5.41) is 0. The first-order valence-corrected chi connectivity index (χ1v) is 7.60. The highest BCUT2D eigenvalue weighted by Gasteiger charge is 2.26. The lowest BCUT2D eigenvalue weighted by Crippen LogP contribution is -2.51. The maximum absolute atomic E-state index is 12.0. The molecular weight excluding hydrogens is 284 g/mol. The minimum atomic E-state index is -0.451. The third-order valence-corrected chi connectivity index (χ3v) is 3.73. The van der Waals surface area contributed by atoms with Gasteiger partial charge in [-0.3, -0.25) is 0 Å². The van der Waals surface area contributed by atoms with E-state index in [1.807, 2.05) is 51.1 Å². The maximum atomic E-state index is 12.0. The molecule has 1 aliphatic heterocycles. The average molecular weight is 306 g/mol. The van der Waals surface area contributed by atoms with Crippen LogP contribution in [0.4, 0.5) is 4.79 Å². The van der Waals surface area contributed by atoms with Crippen molar-refractivity contribution in [2.75, 3.05) is 26.2 Å². The van der Waals surface area contributed by atoms with Crippen LogP contribution in [0.15, 0.2) is 30.3 Å². The quantitative estimate of drug-likeness (QED) is 0.747. The standard InChI is InChI=1S/C16H22N2O2S/c1-16(2,3)20-15(19)18-11-9-17(10-12-18)14(21)13-7-5-4-6-8-13/h4-8H,9-12H2,1-3H3. The third kappa shape index (κ3) is 4.43. The van der Waals surface area contributed by atoms with E-state index in [1.165, 1.54) is 0 Å². The van der Waals surface area contributed by atoms with Crippen LogP contribution in [0.1, 0.15) is 26.3 Å². The molecular formula is C16H22N2O2S. The summed E-state index contributed by atoms with van der Waals surface area (Å²) in [6, 6.07) is 9.98. The largest absolute Gasteiger partial charge is 0.444 e. The Bertz CT molecular complexity index is 503. The van der Waals surface area contributed by atoms with Crippen LogP contribution in [0.3, 0.4) is 0 Å². The van der Waals surface area contributed by atoms with Gasteiger partial charge in [0.25, 0.3) is 0 Å². The van der Waals surface area contributed by atoms with Crippen LogP contribution in [-0.4, -0.2) is 52.7 Å². The number of thiocarbonyl (C=S) groups is 1. The molecule has 0 atom stereocenters. The lowest BCUT2D eigenvalue weighted by atomic mass is 10.2. The molecule has 0 aliphatic carbocycles. The lowest BCUT2D eigenvalue weighted by Gasteiger charge is -2.36. The zero-order chi connectivity index (χ0) is 15.5. The second kappa shape index (κ2) is 6.43. The van der Waals surface area contributed by atoms with Gasteiger partial charge in [-0.05, 0) is 20.8 Å². The van der Waals surface area contributed by atoms with Gasteiger partial charge in [0.1, 0.15) is 10.6 Å². The van der Waals surface area contributed by atoms with Gasteiger partial charge in [-0.1, -0.05) is 42.5 Å². The van der Waals surface area contributed by atoms with Crippen molar-refractivity contribution >= 4 is 23.3 Å². The molecule has 4 nitrogen and oxygen atoms in total. The number of rotatable bonds is 1. The molecule has 1 fully saturated rings. The average Bonchev–Trinajstić information content (AvgIpc) is 2.46. The van der Waals surface area contributed by atoms with Crippen molar-refractivity contribution in [2.24, 2.45) is 0 Å². The van der Waals surface area contributed by atoms with Crippen LogP contribution >= 0.6 is 12.2 Å². The molecule has 0 spiro atoms. The predicted octanol–water partition coefficient (Wildman–Crippen LogP) is 2.91. The van der Waals surface area contributed by atoms with Crippen molar-refractivity contribution in [1.82, 2.24) is 9.80 Å². The summed E-state index contributed by atoms with van der Waals surface area (Å²) in [5.74, 6) is 0. The number of nitrogens with zero attached hydrogens (tertiary/aromatic N) is 2. The number of benzene rings is 1. The highest BCUT2D eigenvalue weighted by molar-refractivity contribution is 7.80. The number of amides is 1. The minimum Gasteiger partial charge on any atom is -0.444 e. The molecule has 1 saturated heterocycles. The SMILES string of the molecule is CC(C)(C)OC(=O)N1CCN(C(=S)c2ccccc2)CC1. The van der Waals surface area contributed by atoms with Crippen molar-refractivity contribution in [3.63, 3.8) is 0 Å². The van der Waals surface area contributed by atoms with Gasteiger partial charge >= 0.3 is 6.09 Å². The van der Waals surface area contributed by atoms with Gasteiger partial charge in [0.2, 0.25) is 0 Å². The summed E-state index contributed by atoms with van der Waals surface area (Å²) < 4.78 is 5.39. The Morgan fingerprint density at radius 3 is 2.10 bits per heavy atom. The van der Waals surface area contributed by atoms with E-state index < -0.39 is 5.60 Å². The molecule has 0 unspecified atom stereocenters. The Balaban J connectivity index is 1.89. The number of carbonyl (C=O) groups is 1. The fraction of sp³-hybridized carbons (Fsp3) is 0.500. The van der Waals surface area contributed by atoms with Crippen LogP contribution in [0, 0.1) is 0 Å². The Hall–Kier alpha value is -1.62. The number of carbonyl (C=O) groups excluding carboxylic acids is 1. The van der Waals surface area contributed by atoms with Crippen LogP contribution in [-0.2, 0) is 4.74 Å². The third-order valence-electron chi connectivity index (χ3n) is 3.24. The first kappa shape index (κ1) is 15.8. The fourth-order valence-electron chi connectivity index (χ4n) is 2.18. The van der Waals surface area contributed by atoms with Crippen molar-refractivity contribution in [3.8, 4) is 0 Å². The van der Waals surface area contributed by atoms with Crippen molar-refractivity contribution in [3.05, 3.63) is 35.9 Å². The summed E-state index contributed by atoms with van der Waals surface area (Å²) in [5.41, 5.74) is 0.603. The van der Waals surface area contributed by atoms with Crippen molar-refractivity contribution in [1.29, 1.82) is 0 Å². The molecule has 2 rings (SSSR count). The lowest BCUT2D eigenvalue weighted by molar-refractivity contribution is 0.0188. The first-order valence-electron chi connectivity index (χ1n) is 7.19. The molecule has 114 valence electrons. The molecule has 1 amide bonds. The molecule has 0 N–H and O–H groups in total. The zero-order valence-corrected chi connectivity index (χ0v) is 13.7. The number of hydrogen-bond acceptors (Lipinski definition) is 3. The topological polar surface area (TPSA) is 32.8 Å². The van der Waals surface area contributed by atoms with Gasteiger partial charge in [-0.2, -0.15) is 0 Å². The van der Waals surface area contributed by atoms with Gasteiger partial charge in [0.15, 0.2) is 0 Å². The molecule has 0 saturated carbocycles. The minimum absolute atomic E-state index is 0.243. The van der Waals surface area contributed by atoms with E-state index in [0.29, 0.717) is 13.1 Å². The summed E-state index contributed by atoms with van der Waals surface area (Å²) in [4.78, 5) is 16.7. The van der Waals surface area contributed by atoms with Gasteiger partial charge in [-0.25, -0.2) is 4.79 Å². The summed E-state index contributed by atoms with van der Waals surface area (Å²) in [7, 11) is 0. The van der Waals surface area contributed by atoms with E-state index in [0.717, 1.165) is 23.6 Å². The summed E-state index contributed by atoms with van der Waals surface area (Å²) in [6.07, 6.45) is -0.243. The van der Waals surface area contributed by atoms with Crippen LogP contribution < -0.4 is 0 Å². The molecule has 0 radical (unpaired) electrons. The highest BCUT2D eigenvalue weighted by Crippen LogP contribution is 2.14. The second-order valence-electron chi connectivity index (χ2n) is 6.13. The van der Waals surface area contributed by atoms with Gasteiger partial charge < -0.3 is 14.5 Å². The van der Waals surface area contributed by atoms with Crippen LogP contribution in [0.5, 0.6) is 0 Å². The molecule has 1 aromatic rings. The normalized spacial score (nSPS) is 15.8. The fourth-order valence-corrected chi connectivity index (χ4v) is 2.50. The molecule has 0 bridgehead atoms. The predicted molar refractivity (Wildman–Crippen MR) is 87.5 cm³/mol. The van der Waals surface area contributed by atoms with Crippen molar-refractivity contribution in [2.45, 2.75) is 26.4 Å². The smallest absolute Gasteiger partial charge is 0.410 e. The van der Waals surface area contributed by atoms with E-state index in [2.05, 4.69) is 4.90 Å². The van der Waals surface area contributed by atoms with E-state index in [-0.39, 0.29) is 6.09 Å². The van der Waals surface area contributed by atoms with Crippen molar-refractivity contribution < 1.29 is 9.53 Å². The van der Waals surface area contributed by atoms with Crippen LogP contribution in [0.2, 0.25) is 0 Å². The number of piperazine rings is 1. The highest BCUT2D eigenvalue weighted by atomic mass is 32.1. The van der Waals surface area contributed by atoms with Gasteiger partial charge in [-0.15, -0.1) is 0 Å². The first-order chi connectivity index (χ1) is 9.87. The molecule has 21 heavy (non-hydrogen) atoms. The summed E-state index contributed by atoms with van der Waals surface area (Å²) in [6.45, 7) is 8.41. The Morgan fingerprint density at radius 1 is 1.05 bits per heavy atom. The molecule has 5 heteroatoms. The van der Waals surface area contributed by atoms with E-state index in [1.54, 1.807) is 4.90 Å². The second-order valence-corrected chi connectivity index (χ2v) is 6.51. The van der Waals surface area contributed by atoms with E-state index >= 15 is 0 Å². The Labute approximate surface area is 131 Å². The van der Waals surface area contributed by atoms with E-state index in [9.17, 15) is 4.79 Å². The molecule has 1 aromatic carbocycles. The van der Waals surface area contributed by atoms with Crippen LogP contribution in [0.25, 0.3) is 0 Å². The zero-order valence-electron chi connectivity index (χ0n) is 12.8. The maximum Gasteiger partial charge on any atom is 0.410 e. The Morgan fingerprint density at radius 2 is 1.57 bits per heavy atom. The molecule has 1 aliphatic rings. The van der Waals surface area contributed by atoms with Gasteiger partial charge in [0, 0.05) is 31.7 Å².